The molecule has 5 heteroatoms. The first kappa shape index (κ1) is 14.7. The van der Waals surface area contributed by atoms with Crippen molar-refractivity contribution < 1.29 is 14.3 Å². The molecule has 1 aromatic carbocycles. The van der Waals surface area contributed by atoms with Crippen LogP contribution in [0.15, 0.2) is 42.5 Å². The third-order valence-corrected chi connectivity index (χ3v) is 2.79. The molecular formula is C16H16N2O3. The molecule has 1 N–H and O–H groups in total. The molecule has 0 saturated carbocycles. The minimum Gasteiger partial charge on any atom is -0.462 e. The molecule has 0 spiro atoms. The number of ether oxygens (including phenoxy) is 1. The number of amides is 1. The van der Waals surface area contributed by atoms with E-state index in [0.29, 0.717) is 16.9 Å². The number of aromatic nitrogens is 1. The topological polar surface area (TPSA) is 68.3 Å². The molecule has 0 bridgehead atoms. The number of benzene rings is 1. The van der Waals surface area contributed by atoms with Gasteiger partial charge >= 0.3 is 5.97 Å². The van der Waals surface area contributed by atoms with Crippen molar-refractivity contribution in [2.24, 2.45) is 0 Å². The Morgan fingerprint density at radius 2 is 1.90 bits per heavy atom. The summed E-state index contributed by atoms with van der Waals surface area (Å²) in [6.45, 7) is 3.82. The van der Waals surface area contributed by atoms with Gasteiger partial charge in [0.15, 0.2) is 0 Å². The molecule has 0 aliphatic heterocycles. The van der Waals surface area contributed by atoms with Crippen LogP contribution in [-0.4, -0.2) is 23.5 Å². The second-order valence-corrected chi connectivity index (χ2v) is 4.38. The van der Waals surface area contributed by atoms with Crippen molar-refractivity contribution in [2.75, 3.05) is 11.9 Å². The smallest absolute Gasteiger partial charge is 0.340 e. The van der Waals surface area contributed by atoms with Crippen LogP contribution < -0.4 is 5.32 Å². The molecule has 21 heavy (non-hydrogen) atoms. The number of aryl methyl sites for hydroxylation is 1. The minimum absolute atomic E-state index is 0.278. The summed E-state index contributed by atoms with van der Waals surface area (Å²) in [6.07, 6.45) is 0. The van der Waals surface area contributed by atoms with Gasteiger partial charge < -0.3 is 10.1 Å². The van der Waals surface area contributed by atoms with E-state index in [1.807, 2.05) is 13.0 Å². The van der Waals surface area contributed by atoms with E-state index >= 15 is 0 Å². The largest absolute Gasteiger partial charge is 0.462 e. The van der Waals surface area contributed by atoms with Gasteiger partial charge in [0, 0.05) is 5.69 Å². The van der Waals surface area contributed by atoms with Gasteiger partial charge in [-0.25, -0.2) is 9.78 Å². The maximum atomic E-state index is 12.2. The first-order chi connectivity index (χ1) is 10.1. The predicted molar refractivity (Wildman–Crippen MR) is 79.3 cm³/mol. The van der Waals surface area contributed by atoms with E-state index in [-0.39, 0.29) is 12.5 Å². The second-order valence-electron chi connectivity index (χ2n) is 4.38. The Bertz CT molecular complexity index is 668. The van der Waals surface area contributed by atoms with Crippen molar-refractivity contribution in [3.8, 4) is 0 Å². The van der Waals surface area contributed by atoms with Gasteiger partial charge in [-0.05, 0) is 38.1 Å². The molecule has 0 aliphatic rings. The molecule has 1 amide bonds. The second kappa shape index (κ2) is 6.65. The summed E-state index contributed by atoms with van der Waals surface area (Å²) >= 11 is 0. The lowest BCUT2D eigenvalue weighted by Crippen LogP contribution is -2.17. The zero-order valence-electron chi connectivity index (χ0n) is 11.9. The quantitative estimate of drug-likeness (QED) is 0.877. The van der Waals surface area contributed by atoms with Gasteiger partial charge in [-0.2, -0.15) is 0 Å². The Balaban J connectivity index is 2.23. The number of pyridine rings is 1. The van der Waals surface area contributed by atoms with Gasteiger partial charge in [0.1, 0.15) is 5.69 Å². The van der Waals surface area contributed by atoms with Crippen molar-refractivity contribution in [3.05, 3.63) is 59.4 Å². The number of hydrogen-bond donors (Lipinski definition) is 1. The lowest BCUT2D eigenvalue weighted by atomic mass is 10.1. The SMILES string of the molecule is CCOC(=O)c1ccccc1NC(=O)c1cccc(C)n1. The highest BCUT2D eigenvalue weighted by Gasteiger charge is 2.15. The molecule has 1 heterocycles. The highest BCUT2D eigenvalue weighted by atomic mass is 16.5. The first-order valence-electron chi connectivity index (χ1n) is 6.63. The van der Waals surface area contributed by atoms with Gasteiger partial charge in [0.2, 0.25) is 0 Å². The molecule has 0 aliphatic carbocycles. The van der Waals surface area contributed by atoms with Crippen molar-refractivity contribution in [1.29, 1.82) is 0 Å². The summed E-state index contributed by atoms with van der Waals surface area (Å²) in [5.74, 6) is -0.832. The Morgan fingerprint density at radius 3 is 2.62 bits per heavy atom. The summed E-state index contributed by atoms with van der Waals surface area (Å²) in [7, 11) is 0. The summed E-state index contributed by atoms with van der Waals surface area (Å²) < 4.78 is 4.97. The standard InChI is InChI=1S/C16H16N2O3/c1-3-21-16(20)12-8-4-5-9-13(12)18-15(19)14-10-6-7-11(2)17-14/h4-10H,3H2,1-2H3,(H,18,19). The predicted octanol–water partition coefficient (Wildman–Crippen LogP) is 2.82. The summed E-state index contributed by atoms with van der Waals surface area (Å²) in [5, 5.41) is 2.69. The van der Waals surface area contributed by atoms with Gasteiger partial charge in [0.25, 0.3) is 5.91 Å². The number of rotatable bonds is 4. The van der Waals surface area contributed by atoms with E-state index in [1.54, 1.807) is 43.3 Å². The Kier molecular flexibility index (Phi) is 4.66. The summed E-state index contributed by atoms with van der Waals surface area (Å²) in [5.41, 5.74) is 1.78. The van der Waals surface area contributed by atoms with Crippen molar-refractivity contribution >= 4 is 17.6 Å². The average molecular weight is 284 g/mol. The zero-order chi connectivity index (χ0) is 15.2. The number of nitrogens with zero attached hydrogens (tertiary/aromatic N) is 1. The molecule has 0 unspecified atom stereocenters. The molecule has 1 aromatic heterocycles. The van der Waals surface area contributed by atoms with Gasteiger partial charge in [-0.1, -0.05) is 18.2 Å². The highest BCUT2D eigenvalue weighted by Crippen LogP contribution is 2.17. The molecular weight excluding hydrogens is 268 g/mol. The van der Waals surface area contributed by atoms with Crippen LogP contribution in [0.2, 0.25) is 0 Å². The van der Waals surface area contributed by atoms with E-state index in [2.05, 4.69) is 10.3 Å². The fourth-order valence-electron chi connectivity index (χ4n) is 1.83. The number of nitrogens with one attached hydrogen (secondary N) is 1. The van der Waals surface area contributed by atoms with Crippen molar-refractivity contribution in [1.82, 2.24) is 4.98 Å². The maximum absolute atomic E-state index is 12.2. The van der Waals surface area contributed by atoms with Crippen LogP contribution in [0.1, 0.15) is 33.5 Å². The highest BCUT2D eigenvalue weighted by molar-refractivity contribution is 6.07. The van der Waals surface area contributed by atoms with Crippen LogP contribution in [-0.2, 0) is 4.74 Å². The maximum Gasteiger partial charge on any atom is 0.340 e. The third kappa shape index (κ3) is 3.66. The van der Waals surface area contributed by atoms with Crippen molar-refractivity contribution in [2.45, 2.75) is 13.8 Å². The number of carbonyl (C=O) groups is 2. The van der Waals surface area contributed by atoms with Crippen LogP contribution in [0.4, 0.5) is 5.69 Å². The first-order valence-corrected chi connectivity index (χ1v) is 6.63. The Hall–Kier alpha value is -2.69. The lowest BCUT2D eigenvalue weighted by molar-refractivity contribution is 0.0527. The summed E-state index contributed by atoms with van der Waals surface area (Å²) in [4.78, 5) is 28.2. The van der Waals surface area contributed by atoms with Gasteiger partial charge in [-0.3, -0.25) is 4.79 Å². The fraction of sp³-hybridized carbons (Fsp3) is 0.188. The Morgan fingerprint density at radius 1 is 1.14 bits per heavy atom. The number of para-hydroxylation sites is 1. The fourth-order valence-corrected chi connectivity index (χ4v) is 1.83. The number of carbonyl (C=O) groups excluding carboxylic acids is 2. The number of hydrogen-bond acceptors (Lipinski definition) is 4. The Labute approximate surface area is 123 Å². The molecule has 108 valence electrons. The third-order valence-electron chi connectivity index (χ3n) is 2.79. The molecule has 2 aromatic rings. The van der Waals surface area contributed by atoms with Crippen LogP contribution >= 0.6 is 0 Å². The molecule has 2 rings (SSSR count). The number of esters is 1. The van der Waals surface area contributed by atoms with Gasteiger partial charge in [0.05, 0.1) is 17.9 Å². The lowest BCUT2D eigenvalue weighted by Gasteiger charge is -2.10. The van der Waals surface area contributed by atoms with Gasteiger partial charge in [-0.15, -0.1) is 0 Å². The molecule has 0 atom stereocenters. The monoisotopic (exact) mass is 284 g/mol. The van der Waals surface area contributed by atoms with Crippen LogP contribution in [0, 0.1) is 6.92 Å². The zero-order valence-corrected chi connectivity index (χ0v) is 11.9. The molecule has 0 fully saturated rings. The number of anilines is 1. The van der Waals surface area contributed by atoms with Crippen LogP contribution in [0.3, 0.4) is 0 Å². The molecule has 0 saturated heterocycles. The van der Waals surface area contributed by atoms with E-state index in [9.17, 15) is 9.59 Å². The van der Waals surface area contributed by atoms with E-state index < -0.39 is 5.97 Å². The summed E-state index contributed by atoms with van der Waals surface area (Å²) in [6, 6.07) is 11.9. The minimum atomic E-state index is -0.467. The van der Waals surface area contributed by atoms with Crippen LogP contribution in [0.25, 0.3) is 0 Å². The van der Waals surface area contributed by atoms with E-state index in [4.69, 9.17) is 4.74 Å². The van der Waals surface area contributed by atoms with E-state index in [1.165, 1.54) is 0 Å². The molecule has 0 radical (unpaired) electrons. The van der Waals surface area contributed by atoms with Crippen LogP contribution in [0.5, 0.6) is 0 Å². The van der Waals surface area contributed by atoms with E-state index in [0.717, 1.165) is 5.69 Å². The average Bonchev–Trinajstić information content (AvgIpc) is 2.48. The molecule has 5 nitrogen and oxygen atoms in total. The normalized spacial score (nSPS) is 10.0. The van der Waals surface area contributed by atoms with Crippen molar-refractivity contribution in [3.63, 3.8) is 0 Å².